The van der Waals surface area contributed by atoms with Crippen molar-refractivity contribution in [2.24, 2.45) is 5.92 Å². The Kier molecular flexibility index (Phi) is 8.20. The molecule has 1 atom stereocenters. The van der Waals surface area contributed by atoms with Gasteiger partial charge in [-0.2, -0.15) is 5.10 Å². The zero-order valence-electron chi connectivity index (χ0n) is 19.2. The van der Waals surface area contributed by atoms with Crippen LogP contribution in [0.3, 0.4) is 0 Å². The number of aryl methyl sites for hydroxylation is 1. The predicted octanol–water partition coefficient (Wildman–Crippen LogP) is 4.37. The van der Waals surface area contributed by atoms with Gasteiger partial charge in [0.25, 0.3) is 5.56 Å². The van der Waals surface area contributed by atoms with Gasteiger partial charge in [-0.25, -0.2) is 18.4 Å². The summed E-state index contributed by atoms with van der Waals surface area (Å²) in [4.78, 5) is 17.5. The summed E-state index contributed by atoms with van der Waals surface area (Å²) < 4.78 is 38.4. The van der Waals surface area contributed by atoms with E-state index in [2.05, 4.69) is 15.4 Å². The summed E-state index contributed by atoms with van der Waals surface area (Å²) in [5, 5.41) is 7.01. The smallest absolute Gasteiger partial charge is 0.296 e. The van der Waals surface area contributed by atoms with Crippen LogP contribution in [-0.4, -0.2) is 39.5 Å². The molecule has 0 saturated carbocycles. The third kappa shape index (κ3) is 5.59. The van der Waals surface area contributed by atoms with E-state index in [0.717, 1.165) is 18.6 Å². The molecule has 3 rings (SSSR count). The van der Waals surface area contributed by atoms with Crippen LogP contribution < -0.4 is 15.6 Å². The molecule has 0 radical (unpaired) electrons. The van der Waals surface area contributed by atoms with Gasteiger partial charge in [-0.3, -0.25) is 4.79 Å². The van der Waals surface area contributed by atoms with Crippen LogP contribution in [0.2, 0.25) is 5.15 Å². The van der Waals surface area contributed by atoms with Gasteiger partial charge < -0.3 is 14.6 Å². The molecule has 10 heteroatoms. The lowest BCUT2D eigenvalue weighted by atomic mass is 10.1. The number of hydrogen-bond acceptors (Lipinski definition) is 5. The monoisotopic (exact) mass is 479 g/mol. The molecule has 2 aromatic heterocycles. The maximum Gasteiger partial charge on any atom is 0.296 e. The summed E-state index contributed by atoms with van der Waals surface area (Å²) >= 11 is 6.44. The first-order valence-corrected chi connectivity index (χ1v) is 11.2. The van der Waals surface area contributed by atoms with Crippen molar-refractivity contribution in [3.8, 4) is 22.8 Å². The van der Waals surface area contributed by atoms with Gasteiger partial charge in [0, 0.05) is 24.9 Å². The number of aromatic nitrogens is 4. The van der Waals surface area contributed by atoms with Gasteiger partial charge >= 0.3 is 0 Å². The largest absolute Gasteiger partial charge is 0.493 e. The van der Waals surface area contributed by atoms with Crippen LogP contribution in [-0.2, 0) is 6.54 Å². The number of nitrogens with zero attached hydrogens (tertiary/aromatic N) is 4. The summed E-state index contributed by atoms with van der Waals surface area (Å²) in [6.45, 7) is 6.92. The van der Waals surface area contributed by atoms with Gasteiger partial charge in [-0.15, -0.1) is 0 Å². The molecule has 3 aromatic rings. The Balaban J connectivity index is 2.13. The Hall–Kier alpha value is -2.78. The highest BCUT2D eigenvalue weighted by atomic mass is 35.5. The number of ether oxygens (including phenoxy) is 1. The number of nitrogens with one attached hydrogen (secondary N) is 1. The molecule has 7 nitrogen and oxygen atoms in total. The maximum absolute atomic E-state index is 15.2. The molecule has 33 heavy (non-hydrogen) atoms. The van der Waals surface area contributed by atoms with Crippen LogP contribution >= 0.6 is 11.6 Å². The summed E-state index contributed by atoms with van der Waals surface area (Å²) in [6.07, 6.45) is 3.02. The lowest BCUT2D eigenvalue weighted by molar-refractivity contribution is 0.306. The van der Waals surface area contributed by atoms with Crippen molar-refractivity contribution in [2.75, 3.05) is 20.2 Å². The molecule has 0 aliphatic rings. The third-order valence-corrected chi connectivity index (χ3v) is 5.59. The Morgan fingerprint density at radius 1 is 1.27 bits per heavy atom. The second kappa shape index (κ2) is 10.9. The topological polar surface area (TPSA) is 74.0 Å². The van der Waals surface area contributed by atoms with E-state index < -0.39 is 22.8 Å². The molecular weight excluding hydrogens is 452 g/mol. The van der Waals surface area contributed by atoms with E-state index in [9.17, 15) is 4.79 Å². The average Bonchev–Trinajstić information content (AvgIpc) is 3.20. The van der Waals surface area contributed by atoms with E-state index in [1.165, 1.54) is 9.25 Å². The molecule has 0 spiro atoms. The first kappa shape index (κ1) is 24.9. The van der Waals surface area contributed by atoms with Gasteiger partial charge in [0.2, 0.25) is 5.82 Å². The second-order valence-electron chi connectivity index (χ2n) is 7.97. The Bertz CT molecular complexity index is 1160. The summed E-state index contributed by atoms with van der Waals surface area (Å²) in [7, 11) is 1.81. The minimum absolute atomic E-state index is 0.0366. The minimum Gasteiger partial charge on any atom is -0.493 e. The molecular formula is C23H28ClF2N5O2. The molecule has 0 saturated heterocycles. The molecule has 0 bridgehead atoms. The number of halogens is 3. The van der Waals surface area contributed by atoms with Gasteiger partial charge in [-0.1, -0.05) is 31.9 Å². The molecule has 0 aliphatic carbocycles. The number of rotatable bonds is 10. The molecule has 178 valence electrons. The molecule has 0 unspecified atom stereocenters. The average molecular weight is 480 g/mol. The van der Waals surface area contributed by atoms with Crippen molar-refractivity contribution >= 4 is 11.6 Å². The number of hydrogen-bond donors (Lipinski definition) is 1. The van der Waals surface area contributed by atoms with E-state index in [1.54, 1.807) is 19.2 Å². The summed E-state index contributed by atoms with van der Waals surface area (Å²) in [5.41, 5.74) is -0.374. The Morgan fingerprint density at radius 3 is 2.55 bits per heavy atom. The number of benzene rings is 1. The molecule has 0 fully saturated rings. The van der Waals surface area contributed by atoms with Gasteiger partial charge in [0.05, 0.1) is 23.6 Å². The van der Waals surface area contributed by atoms with Crippen LogP contribution in [0.1, 0.15) is 32.4 Å². The first-order chi connectivity index (χ1) is 15.8. The van der Waals surface area contributed by atoms with Gasteiger partial charge in [0.15, 0.2) is 5.15 Å². The van der Waals surface area contributed by atoms with Crippen molar-refractivity contribution in [1.82, 2.24) is 24.6 Å². The molecule has 2 heterocycles. The summed E-state index contributed by atoms with van der Waals surface area (Å²) in [5.74, 6) is -1.70. The van der Waals surface area contributed by atoms with E-state index >= 15 is 8.78 Å². The van der Waals surface area contributed by atoms with Crippen molar-refractivity contribution in [3.63, 3.8) is 0 Å². The molecule has 1 N–H and O–H groups in total. The van der Waals surface area contributed by atoms with E-state index in [4.69, 9.17) is 16.3 Å². The van der Waals surface area contributed by atoms with Crippen molar-refractivity contribution in [2.45, 2.75) is 40.2 Å². The lowest BCUT2D eigenvalue weighted by Crippen LogP contribution is -2.30. The lowest BCUT2D eigenvalue weighted by Gasteiger charge is -2.20. The fraction of sp³-hybridized carbons (Fsp3) is 0.435. The second-order valence-corrected chi connectivity index (χ2v) is 8.33. The van der Waals surface area contributed by atoms with Crippen LogP contribution in [0.5, 0.6) is 5.75 Å². The Morgan fingerprint density at radius 2 is 1.97 bits per heavy atom. The van der Waals surface area contributed by atoms with Crippen LogP contribution in [0.25, 0.3) is 17.1 Å². The minimum atomic E-state index is -0.887. The van der Waals surface area contributed by atoms with E-state index in [0.29, 0.717) is 25.3 Å². The van der Waals surface area contributed by atoms with Crippen molar-refractivity contribution < 1.29 is 13.5 Å². The third-order valence-electron chi connectivity index (χ3n) is 5.33. The molecule has 0 amide bonds. The fourth-order valence-electron chi connectivity index (χ4n) is 3.36. The first-order valence-electron chi connectivity index (χ1n) is 10.9. The van der Waals surface area contributed by atoms with Crippen molar-refractivity contribution in [1.29, 1.82) is 0 Å². The fourth-order valence-corrected chi connectivity index (χ4v) is 3.64. The van der Waals surface area contributed by atoms with Gasteiger partial charge in [0.1, 0.15) is 17.4 Å². The zero-order chi connectivity index (χ0) is 24.1. The standard InChI is InChI=1S/C23H28ClF2N5O2/c1-5-14(2)13-30-20(21(24)28-22(23(30)32)31-9-7-15(3)29-31)19-17(25)11-16(12-18(19)26)33-10-6-8-27-4/h7,9,11-12,14,27H,5-6,8,10,13H2,1-4H3/t14-/m0/s1. The SMILES string of the molecule is CC[C@H](C)Cn1c(-c2c(F)cc(OCCCNC)cc2F)c(Cl)nc(-n2ccc(C)n2)c1=O. The Labute approximate surface area is 196 Å². The van der Waals surface area contributed by atoms with Gasteiger partial charge in [-0.05, 0) is 38.9 Å². The van der Waals surface area contributed by atoms with E-state index in [1.807, 2.05) is 20.9 Å². The van der Waals surface area contributed by atoms with Crippen LogP contribution in [0, 0.1) is 24.5 Å². The normalized spacial score (nSPS) is 12.2. The maximum atomic E-state index is 15.2. The molecule has 0 aliphatic heterocycles. The molecule has 1 aromatic carbocycles. The highest BCUT2D eigenvalue weighted by Crippen LogP contribution is 2.34. The van der Waals surface area contributed by atoms with Crippen LogP contribution in [0.15, 0.2) is 29.2 Å². The highest BCUT2D eigenvalue weighted by molar-refractivity contribution is 6.31. The predicted molar refractivity (Wildman–Crippen MR) is 124 cm³/mol. The van der Waals surface area contributed by atoms with E-state index in [-0.39, 0.29) is 34.9 Å². The quantitative estimate of drug-likeness (QED) is 0.437. The van der Waals surface area contributed by atoms with Crippen molar-refractivity contribution in [3.05, 3.63) is 57.2 Å². The highest BCUT2D eigenvalue weighted by Gasteiger charge is 2.25. The zero-order valence-corrected chi connectivity index (χ0v) is 19.9. The summed E-state index contributed by atoms with van der Waals surface area (Å²) in [6, 6.07) is 3.91. The van der Waals surface area contributed by atoms with Crippen LogP contribution in [0.4, 0.5) is 8.78 Å².